The number of ether oxygens (including phenoxy) is 1. The average molecular weight is 415 g/mol. The van der Waals surface area contributed by atoms with Gasteiger partial charge in [0.1, 0.15) is 11.6 Å². The predicted octanol–water partition coefficient (Wildman–Crippen LogP) is 3.87. The van der Waals surface area contributed by atoms with E-state index in [4.69, 9.17) is 4.74 Å². The third-order valence-corrected chi connectivity index (χ3v) is 5.23. The van der Waals surface area contributed by atoms with Gasteiger partial charge in [-0.15, -0.1) is 11.8 Å². The number of hydrogen-bond donors (Lipinski definition) is 1. The first-order valence-corrected chi connectivity index (χ1v) is 10.3. The van der Waals surface area contributed by atoms with E-state index in [9.17, 15) is 19.1 Å². The van der Waals surface area contributed by atoms with Crippen LogP contribution in [-0.4, -0.2) is 35.9 Å². The predicted molar refractivity (Wildman–Crippen MR) is 112 cm³/mol. The quantitative estimate of drug-likeness (QED) is 0.663. The number of imide groups is 1. The number of anilines is 1. The summed E-state index contributed by atoms with van der Waals surface area (Å²) in [7, 11) is 0. The standard InChI is InChI=1S/C22H22FNO4S/c1-14(2)13-28-18-8-6-15(7-9-18)19-20(29-11-10-25)22(27)24(21(19)26)17-5-3-4-16(23)12-17/h3-9,12,14,25H,10-11,13H2,1-2H3. The number of hydrogen-bond acceptors (Lipinski definition) is 5. The van der Waals surface area contributed by atoms with E-state index in [2.05, 4.69) is 0 Å². The van der Waals surface area contributed by atoms with Crippen molar-refractivity contribution < 1.29 is 23.8 Å². The lowest BCUT2D eigenvalue weighted by Crippen LogP contribution is -2.31. The minimum Gasteiger partial charge on any atom is -0.493 e. The summed E-state index contributed by atoms with van der Waals surface area (Å²) in [5, 5.41) is 9.18. The molecular formula is C22H22FNO4S. The van der Waals surface area contributed by atoms with Gasteiger partial charge in [0.15, 0.2) is 0 Å². The van der Waals surface area contributed by atoms with Crippen molar-refractivity contribution in [2.24, 2.45) is 5.92 Å². The molecule has 3 rings (SSSR count). The molecule has 2 aromatic rings. The Bertz CT molecular complexity index is 940. The molecule has 2 amide bonds. The lowest BCUT2D eigenvalue weighted by Gasteiger charge is -2.15. The molecule has 0 bridgehead atoms. The average Bonchev–Trinajstić information content (AvgIpc) is 2.94. The number of halogens is 1. The number of carbonyl (C=O) groups excluding carboxylic acids is 2. The maximum absolute atomic E-state index is 13.7. The van der Waals surface area contributed by atoms with Crippen LogP contribution in [0, 0.1) is 11.7 Å². The second-order valence-electron chi connectivity index (χ2n) is 6.93. The van der Waals surface area contributed by atoms with E-state index in [0.717, 1.165) is 22.7 Å². The van der Waals surface area contributed by atoms with Gasteiger partial charge in [-0.2, -0.15) is 0 Å². The van der Waals surface area contributed by atoms with E-state index in [1.165, 1.54) is 18.2 Å². The van der Waals surface area contributed by atoms with Crippen LogP contribution in [0.4, 0.5) is 10.1 Å². The Morgan fingerprint density at radius 2 is 1.83 bits per heavy atom. The van der Waals surface area contributed by atoms with Crippen molar-refractivity contribution in [1.29, 1.82) is 0 Å². The topological polar surface area (TPSA) is 66.8 Å². The summed E-state index contributed by atoms with van der Waals surface area (Å²) in [5.74, 6) is -0.248. The SMILES string of the molecule is CC(C)COc1ccc(C2=C(SCCO)C(=O)N(c3cccc(F)c3)C2=O)cc1. The Kier molecular flexibility index (Phi) is 6.71. The fraction of sp³-hybridized carbons (Fsp3) is 0.273. The van der Waals surface area contributed by atoms with Crippen molar-refractivity contribution in [2.45, 2.75) is 13.8 Å². The number of rotatable bonds is 8. The molecule has 0 saturated carbocycles. The lowest BCUT2D eigenvalue weighted by atomic mass is 10.1. The molecule has 152 valence electrons. The molecule has 1 heterocycles. The number of aliphatic hydroxyl groups excluding tert-OH is 1. The molecule has 0 spiro atoms. The maximum atomic E-state index is 13.7. The van der Waals surface area contributed by atoms with Gasteiger partial charge >= 0.3 is 0 Å². The number of nitrogens with zero attached hydrogens (tertiary/aromatic N) is 1. The number of amides is 2. The highest BCUT2D eigenvalue weighted by Gasteiger charge is 2.40. The van der Waals surface area contributed by atoms with Crippen molar-refractivity contribution in [3.63, 3.8) is 0 Å². The van der Waals surface area contributed by atoms with Crippen molar-refractivity contribution in [2.75, 3.05) is 23.9 Å². The van der Waals surface area contributed by atoms with E-state index in [1.54, 1.807) is 24.3 Å². The molecule has 0 unspecified atom stereocenters. The fourth-order valence-corrected chi connectivity index (χ4v) is 3.74. The highest BCUT2D eigenvalue weighted by Crippen LogP contribution is 2.38. The van der Waals surface area contributed by atoms with Crippen molar-refractivity contribution in [3.8, 4) is 5.75 Å². The summed E-state index contributed by atoms with van der Waals surface area (Å²) < 4.78 is 19.3. The molecule has 0 fully saturated rings. The van der Waals surface area contributed by atoms with Crippen LogP contribution in [0.25, 0.3) is 5.57 Å². The fourth-order valence-electron chi connectivity index (χ4n) is 2.88. The molecule has 0 saturated heterocycles. The van der Waals surface area contributed by atoms with Crippen LogP contribution in [0.3, 0.4) is 0 Å². The van der Waals surface area contributed by atoms with Gasteiger partial charge in [0.2, 0.25) is 0 Å². The third kappa shape index (κ3) is 4.68. The van der Waals surface area contributed by atoms with E-state index < -0.39 is 17.6 Å². The summed E-state index contributed by atoms with van der Waals surface area (Å²) in [6.45, 7) is 4.54. The number of carbonyl (C=O) groups is 2. The van der Waals surface area contributed by atoms with Crippen molar-refractivity contribution >= 4 is 34.8 Å². The van der Waals surface area contributed by atoms with Gasteiger partial charge in [-0.05, 0) is 41.8 Å². The molecule has 2 aromatic carbocycles. The van der Waals surface area contributed by atoms with E-state index in [1.807, 2.05) is 13.8 Å². The Morgan fingerprint density at radius 3 is 2.45 bits per heavy atom. The molecule has 0 aromatic heterocycles. The van der Waals surface area contributed by atoms with Gasteiger partial charge in [-0.25, -0.2) is 9.29 Å². The van der Waals surface area contributed by atoms with Crippen LogP contribution < -0.4 is 9.64 Å². The van der Waals surface area contributed by atoms with Gasteiger partial charge in [-0.1, -0.05) is 32.0 Å². The molecule has 1 N–H and O–H groups in total. The first kappa shape index (κ1) is 21.1. The van der Waals surface area contributed by atoms with Crippen molar-refractivity contribution in [1.82, 2.24) is 0 Å². The molecule has 0 aliphatic carbocycles. The van der Waals surface area contributed by atoms with Crippen LogP contribution in [0.1, 0.15) is 19.4 Å². The van der Waals surface area contributed by atoms with Crippen LogP contribution >= 0.6 is 11.8 Å². The zero-order valence-corrected chi connectivity index (χ0v) is 17.0. The Balaban J connectivity index is 1.95. The monoisotopic (exact) mass is 415 g/mol. The summed E-state index contributed by atoms with van der Waals surface area (Å²) in [4.78, 5) is 27.3. The first-order chi connectivity index (χ1) is 13.9. The van der Waals surface area contributed by atoms with Crippen LogP contribution in [0.2, 0.25) is 0 Å². The van der Waals surface area contributed by atoms with Crippen LogP contribution in [0.5, 0.6) is 5.75 Å². The van der Waals surface area contributed by atoms with Gasteiger partial charge in [-0.3, -0.25) is 9.59 Å². The van der Waals surface area contributed by atoms with Gasteiger partial charge in [0.25, 0.3) is 11.8 Å². The molecule has 29 heavy (non-hydrogen) atoms. The normalized spacial score (nSPS) is 14.3. The summed E-state index contributed by atoms with van der Waals surface area (Å²) in [5.41, 5.74) is 0.988. The number of benzene rings is 2. The summed E-state index contributed by atoms with van der Waals surface area (Å²) in [6, 6.07) is 12.3. The Morgan fingerprint density at radius 1 is 1.10 bits per heavy atom. The van der Waals surface area contributed by atoms with Gasteiger partial charge in [0, 0.05) is 5.75 Å². The summed E-state index contributed by atoms with van der Waals surface area (Å²) in [6.07, 6.45) is 0. The second kappa shape index (κ2) is 9.24. The number of aliphatic hydroxyl groups is 1. The number of thioether (sulfide) groups is 1. The molecular weight excluding hydrogens is 393 g/mol. The van der Waals surface area contributed by atoms with Crippen LogP contribution in [0.15, 0.2) is 53.4 Å². The largest absolute Gasteiger partial charge is 0.493 e. The Labute approximate surface area is 173 Å². The maximum Gasteiger partial charge on any atom is 0.272 e. The van der Waals surface area contributed by atoms with E-state index >= 15 is 0 Å². The Hall–Kier alpha value is -2.64. The van der Waals surface area contributed by atoms with E-state index in [0.29, 0.717) is 23.8 Å². The zero-order valence-electron chi connectivity index (χ0n) is 16.2. The molecule has 1 aliphatic heterocycles. The van der Waals surface area contributed by atoms with Crippen LogP contribution in [-0.2, 0) is 9.59 Å². The molecule has 1 aliphatic rings. The highest BCUT2D eigenvalue weighted by atomic mass is 32.2. The molecule has 0 radical (unpaired) electrons. The smallest absolute Gasteiger partial charge is 0.272 e. The first-order valence-electron chi connectivity index (χ1n) is 9.28. The minimum atomic E-state index is -0.534. The second-order valence-corrected chi connectivity index (χ2v) is 8.04. The van der Waals surface area contributed by atoms with Crippen molar-refractivity contribution in [3.05, 3.63) is 64.8 Å². The minimum absolute atomic E-state index is 0.134. The summed E-state index contributed by atoms with van der Waals surface area (Å²) >= 11 is 1.11. The van der Waals surface area contributed by atoms with Gasteiger partial charge < -0.3 is 9.84 Å². The molecule has 5 nitrogen and oxygen atoms in total. The third-order valence-electron chi connectivity index (χ3n) is 4.17. The zero-order chi connectivity index (χ0) is 21.0. The molecule has 0 atom stereocenters. The lowest BCUT2D eigenvalue weighted by molar-refractivity contribution is -0.119. The highest BCUT2D eigenvalue weighted by molar-refractivity contribution is 8.04. The molecule has 7 heteroatoms. The van der Waals surface area contributed by atoms with Gasteiger partial charge in [0.05, 0.1) is 29.4 Å². The van der Waals surface area contributed by atoms with E-state index in [-0.39, 0.29) is 28.5 Å².